The number of ketones is 2. The second kappa shape index (κ2) is 11.7. The first-order valence-electron chi connectivity index (χ1n) is 14.2. The molecule has 0 saturated carbocycles. The van der Waals surface area contributed by atoms with Crippen molar-refractivity contribution in [3.05, 3.63) is 75.3 Å². The van der Waals surface area contributed by atoms with Crippen LogP contribution in [0.5, 0.6) is 5.75 Å². The molecule has 8 N–H and O–H groups in total. The lowest BCUT2D eigenvalue weighted by molar-refractivity contribution is -0.138. The first-order valence-corrected chi connectivity index (χ1v) is 14.2. The fraction of sp³-hybridized carbons (Fsp3) is 0.355. The Morgan fingerprint density at radius 1 is 1.17 bits per heavy atom. The lowest BCUT2D eigenvalue weighted by Gasteiger charge is -2.50. The summed E-state index contributed by atoms with van der Waals surface area (Å²) in [6.45, 7) is 0.111. The number of hydrogen-bond acceptors (Lipinski definition) is 14. The summed E-state index contributed by atoms with van der Waals surface area (Å²) in [5.41, 5.74) is 5.78. The van der Waals surface area contributed by atoms with Gasteiger partial charge in [-0.1, -0.05) is 12.1 Å². The number of nitriles is 1. The number of nitrogens with zero attached hydrogens (tertiary/aromatic N) is 5. The number of amides is 1. The average Bonchev–Trinajstić information content (AvgIpc) is 3.01. The quantitative estimate of drug-likeness (QED) is 0.110. The third-order valence-corrected chi connectivity index (χ3v) is 9.07. The number of carbonyl (C=O) groups is 3. The number of phenolic OH excluding ortho intramolecular Hbond substituents is 1. The molecule has 0 saturated heterocycles. The Morgan fingerprint density at radius 3 is 2.37 bits per heavy atom. The van der Waals surface area contributed by atoms with Crippen LogP contribution in [0.2, 0.25) is 0 Å². The van der Waals surface area contributed by atoms with E-state index in [9.17, 15) is 29.7 Å². The number of nitrogens with one attached hydrogen (secondary N) is 1. The third-order valence-electron chi connectivity index (χ3n) is 9.07. The molecule has 0 aromatic heterocycles. The fourth-order valence-corrected chi connectivity index (χ4v) is 7.02. The van der Waals surface area contributed by atoms with Crippen molar-refractivity contribution >= 4 is 28.8 Å². The monoisotopic (exact) mass is 630 g/mol. The second-order valence-electron chi connectivity index (χ2n) is 12.1. The number of fused-ring (bicyclic) bond motifs is 3. The Kier molecular flexibility index (Phi) is 8.17. The van der Waals surface area contributed by atoms with Gasteiger partial charge in [-0.2, -0.15) is 11.2 Å². The molecule has 5 rings (SSSR count). The van der Waals surface area contributed by atoms with Crippen molar-refractivity contribution in [1.29, 1.82) is 10.8 Å². The van der Waals surface area contributed by atoms with Gasteiger partial charge in [0.2, 0.25) is 0 Å². The highest BCUT2D eigenvalue weighted by Crippen LogP contribution is 2.55. The molecule has 2 aromatic rings. The first kappa shape index (κ1) is 32.3. The van der Waals surface area contributed by atoms with Crippen molar-refractivity contribution in [2.45, 2.75) is 31.0 Å². The number of hydrazine groups is 1. The van der Waals surface area contributed by atoms with Crippen molar-refractivity contribution < 1.29 is 34.5 Å². The molecule has 3 aliphatic rings. The smallest absolute Gasteiger partial charge is 0.302 e. The van der Waals surface area contributed by atoms with Crippen LogP contribution in [-0.2, 0) is 27.4 Å². The van der Waals surface area contributed by atoms with E-state index in [2.05, 4.69) is 5.11 Å². The molecule has 240 valence electrons. The molecule has 0 bridgehead atoms. The largest absolute Gasteiger partial charge is 0.508 e. The maximum absolute atomic E-state index is 14.4. The lowest BCUT2D eigenvalue weighted by Crippen LogP contribution is -2.63. The maximum Gasteiger partial charge on any atom is 0.302 e. The number of phenols is 1. The maximum atomic E-state index is 14.4. The van der Waals surface area contributed by atoms with E-state index >= 15 is 0 Å². The zero-order valence-electron chi connectivity index (χ0n) is 25.6. The summed E-state index contributed by atoms with van der Waals surface area (Å²) in [6.07, 6.45) is 0.142. The van der Waals surface area contributed by atoms with Gasteiger partial charge in [0.05, 0.1) is 35.5 Å². The highest BCUT2D eigenvalue weighted by molar-refractivity contribution is 6.23. The predicted molar refractivity (Wildman–Crippen MR) is 163 cm³/mol. The molecule has 3 aliphatic carbocycles. The van der Waals surface area contributed by atoms with E-state index in [0.717, 1.165) is 5.56 Å². The molecule has 0 fully saturated rings. The molecular formula is C31H34N8O7. The van der Waals surface area contributed by atoms with Gasteiger partial charge in [0.15, 0.2) is 28.7 Å². The molecule has 15 heteroatoms. The number of carbonyl (C=O) groups excluding carboxylic acids is 3. The SMILES string of the molecule is CN(C)c1cc(N(N)Cc2ccc(C#N)cc2)c(O)c2c1C[C@H]1C[C@H]3[C@H](N(C)C)C(=O)C(C(=O)N=N)=C(O)[C@@]3(O)C(ON)=C1C2=O. The highest BCUT2D eigenvalue weighted by atomic mass is 16.6. The number of hydrogen-bond donors (Lipinski definition) is 6. The number of rotatable bonds is 7. The van der Waals surface area contributed by atoms with Gasteiger partial charge in [-0.05, 0) is 62.2 Å². The van der Waals surface area contributed by atoms with Gasteiger partial charge in [-0.3, -0.25) is 19.3 Å². The van der Waals surface area contributed by atoms with Gasteiger partial charge < -0.3 is 30.1 Å². The van der Waals surface area contributed by atoms with Gasteiger partial charge in [-0.15, -0.1) is 5.11 Å². The topological polar surface area (TPSA) is 243 Å². The summed E-state index contributed by atoms with van der Waals surface area (Å²) in [5.74, 6) is 5.20. The van der Waals surface area contributed by atoms with E-state index in [0.29, 0.717) is 16.8 Å². The van der Waals surface area contributed by atoms with Gasteiger partial charge in [0, 0.05) is 31.3 Å². The predicted octanol–water partition coefficient (Wildman–Crippen LogP) is 1.34. The van der Waals surface area contributed by atoms with Crippen LogP contribution in [0.25, 0.3) is 0 Å². The van der Waals surface area contributed by atoms with Gasteiger partial charge in [0.25, 0.3) is 0 Å². The van der Waals surface area contributed by atoms with Crippen LogP contribution >= 0.6 is 0 Å². The first-order chi connectivity index (χ1) is 21.7. The minimum atomic E-state index is -2.61. The number of aliphatic hydroxyl groups excluding tert-OH is 1. The van der Waals surface area contributed by atoms with E-state index in [1.807, 2.05) is 6.07 Å². The summed E-state index contributed by atoms with van der Waals surface area (Å²) < 4.78 is 0. The third kappa shape index (κ3) is 4.70. The number of Topliss-reactive ketones (excluding diaryl/α,β-unsaturated/α-hetero) is 2. The van der Waals surface area contributed by atoms with Crippen LogP contribution in [-0.4, -0.2) is 77.5 Å². The van der Waals surface area contributed by atoms with Crippen molar-refractivity contribution in [2.75, 3.05) is 38.1 Å². The van der Waals surface area contributed by atoms with E-state index in [-0.39, 0.29) is 36.2 Å². The molecule has 0 spiro atoms. The number of allylic oxidation sites excluding steroid dienone is 1. The van der Waals surface area contributed by atoms with Crippen molar-refractivity contribution in [2.24, 2.45) is 28.7 Å². The fourth-order valence-electron chi connectivity index (χ4n) is 7.02. The molecular weight excluding hydrogens is 596 g/mol. The average molecular weight is 631 g/mol. The Labute approximate surface area is 264 Å². The minimum Gasteiger partial charge on any atom is -0.508 e. The molecule has 0 heterocycles. The van der Waals surface area contributed by atoms with Crippen LogP contribution in [0.3, 0.4) is 0 Å². The molecule has 4 atom stereocenters. The van der Waals surface area contributed by atoms with E-state index < -0.39 is 63.8 Å². The molecule has 15 nitrogen and oxygen atoms in total. The molecule has 1 amide bonds. The summed E-state index contributed by atoms with van der Waals surface area (Å²) in [6, 6.07) is 9.22. The Morgan fingerprint density at radius 2 is 1.83 bits per heavy atom. The zero-order valence-corrected chi connectivity index (χ0v) is 25.6. The van der Waals surface area contributed by atoms with Crippen LogP contribution in [0.4, 0.5) is 11.4 Å². The van der Waals surface area contributed by atoms with Crippen LogP contribution in [0.15, 0.2) is 58.1 Å². The van der Waals surface area contributed by atoms with Crippen LogP contribution in [0.1, 0.15) is 33.5 Å². The number of aromatic hydroxyl groups is 1. The van der Waals surface area contributed by atoms with Crippen molar-refractivity contribution in [1.82, 2.24) is 4.90 Å². The molecule has 46 heavy (non-hydrogen) atoms. The number of anilines is 2. The summed E-state index contributed by atoms with van der Waals surface area (Å²) in [7, 11) is 6.63. The molecule has 0 aliphatic heterocycles. The number of likely N-dealkylation sites (N-methyl/N-ethyl adjacent to an activating group) is 1. The molecule has 0 radical (unpaired) electrons. The minimum absolute atomic E-state index is 0.0148. The van der Waals surface area contributed by atoms with Crippen LogP contribution in [0, 0.1) is 28.7 Å². The Balaban J connectivity index is 1.71. The number of benzene rings is 2. The van der Waals surface area contributed by atoms with Crippen LogP contribution < -0.4 is 21.6 Å². The molecule has 0 unspecified atom stereocenters. The Hall–Kier alpha value is -5.14. The summed E-state index contributed by atoms with van der Waals surface area (Å²) >= 11 is 0. The lowest BCUT2D eigenvalue weighted by atomic mass is 9.59. The molecule has 2 aromatic carbocycles. The van der Waals surface area contributed by atoms with E-state index in [4.69, 9.17) is 27.4 Å². The van der Waals surface area contributed by atoms with E-state index in [1.165, 1.54) is 9.91 Å². The number of aliphatic hydroxyl groups is 2. The Bertz CT molecular complexity index is 1780. The van der Waals surface area contributed by atoms with Gasteiger partial charge in [0.1, 0.15) is 11.3 Å². The normalized spacial score (nSPS) is 23.8. The summed E-state index contributed by atoms with van der Waals surface area (Å²) in [5, 5.41) is 48.2. The second-order valence-corrected chi connectivity index (χ2v) is 12.1. The summed E-state index contributed by atoms with van der Waals surface area (Å²) in [4.78, 5) is 48.8. The van der Waals surface area contributed by atoms with Gasteiger partial charge in [-0.25, -0.2) is 11.4 Å². The van der Waals surface area contributed by atoms with E-state index in [1.54, 1.807) is 63.4 Å². The highest BCUT2D eigenvalue weighted by Gasteiger charge is 2.63. The van der Waals surface area contributed by atoms with Crippen molar-refractivity contribution in [3.63, 3.8) is 0 Å². The van der Waals surface area contributed by atoms with Gasteiger partial charge >= 0.3 is 5.91 Å². The number of nitrogens with two attached hydrogens (primary N) is 2. The zero-order chi connectivity index (χ0) is 33.8. The van der Waals surface area contributed by atoms with Crippen molar-refractivity contribution in [3.8, 4) is 11.8 Å². The standard InChI is InChI=1S/C31H34N8O7/c1-37(2)19-11-20(39(34)13-15-7-5-14(12-32)6-8-15)25(40)22-17(19)9-16-10-18-24(38(3)4)27(42)23(30(44)36-33)28(43)31(18,45)29(46-35)21(16)26(22)41/h5-8,11,16,18,24,33,40,43,45H,9-10,13,34-35H2,1-4H3/t16-,18-,24-,31+/m0/s1.